The minimum atomic E-state index is -0.503. The highest BCUT2D eigenvalue weighted by molar-refractivity contribution is 5.78. The van der Waals surface area contributed by atoms with Crippen molar-refractivity contribution >= 4 is 5.91 Å². The molecule has 0 aromatic heterocycles. The van der Waals surface area contributed by atoms with Crippen molar-refractivity contribution in [1.82, 2.24) is 10.0 Å². The third-order valence-corrected chi connectivity index (χ3v) is 3.83. The molecule has 5 nitrogen and oxygen atoms in total. The number of nitrogens with zero attached hydrogens (tertiary/aromatic N) is 2. The van der Waals surface area contributed by atoms with E-state index in [9.17, 15) is 4.79 Å². The molecular weight excluding hydrogens is 220 g/mol. The molecule has 3 heterocycles. The molecule has 0 bridgehead atoms. The lowest BCUT2D eigenvalue weighted by atomic mass is 10.1. The van der Waals surface area contributed by atoms with Gasteiger partial charge in [-0.1, -0.05) is 0 Å². The molecule has 1 amide bonds. The van der Waals surface area contributed by atoms with Crippen molar-refractivity contribution in [2.75, 3.05) is 19.7 Å². The Morgan fingerprint density at radius 2 is 2.06 bits per heavy atom. The molecule has 0 aromatic carbocycles. The number of rotatable bonds is 1. The summed E-state index contributed by atoms with van der Waals surface area (Å²) >= 11 is 0. The molecule has 5 heteroatoms. The van der Waals surface area contributed by atoms with Crippen molar-refractivity contribution in [2.24, 2.45) is 0 Å². The molecular formula is C12H20N2O3. The van der Waals surface area contributed by atoms with Gasteiger partial charge in [-0.3, -0.25) is 9.80 Å². The van der Waals surface area contributed by atoms with Crippen LogP contribution in [-0.4, -0.2) is 53.6 Å². The molecule has 0 spiro atoms. The standard InChI is InChI=1S/C12H20N2O3/c1-12(2)16-8-10(17-12)9-7-11(15)14-6-4-3-5-13(9)14/h9-10H,3-8H2,1-2H3/t9-,10-/m1/s1. The van der Waals surface area contributed by atoms with E-state index in [0.717, 1.165) is 25.9 Å². The first kappa shape index (κ1) is 11.4. The Morgan fingerprint density at radius 1 is 1.29 bits per heavy atom. The van der Waals surface area contributed by atoms with Crippen LogP contribution in [0.5, 0.6) is 0 Å². The van der Waals surface area contributed by atoms with Crippen LogP contribution in [0.2, 0.25) is 0 Å². The highest BCUT2D eigenvalue weighted by Gasteiger charge is 2.47. The zero-order valence-corrected chi connectivity index (χ0v) is 10.5. The van der Waals surface area contributed by atoms with Crippen molar-refractivity contribution < 1.29 is 14.3 Å². The van der Waals surface area contributed by atoms with E-state index in [-0.39, 0.29) is 18.1 Å². The van der Waals surface area contributed by atoms with Crippen molar-refractivity contribution in [3.05, 3.63) is 0 Å². The SMILES string of the molecule is CC1(C)OC[C@H]([C@H]2CC(=O)N3CCCCN23)O1. The topological polar surface area (TPSA) is 42.0 Å². The van der Waals surface area contributed by atoms with E-state index < -0.39 is 5.79 Å². The summed E-state index contributed by atoms with van der Waals surface area (Å²) in [5.41, 5.74) is 0. The van der Waals surface area contributed by atoms with Gasteiger partial charge < -0.3 is 9.47 Å². The van der Waals surface area contributed by atoms with Gasteiger partial charge in [0.25, 0.3) is 0 Å². The summed E-state index contributed by atoms with van der Waals surface area (Å²) in [6.45, 7) is 6.29. The molecule has 0 unspecified atom stereocenters. The summed E-state index contributed by atoms with van der Waals surface area (Å²) in [4.78, 5) is 11.9. The van der Waals surface area contributed by atoms with Crippen LogP contribution in [0.25, 0.3) is 0 Å². The quantitative estimate of drug-likeness (QED) is 0.678. The first-order chi connectivity index (χ1) is 8.07. The largest absolute Gasteiger partial charge is 0.348 e. The molecule has 0 aliphatic carbocycles. The van der Waals surface area contributed by atoms with Crippen LogP contribution in [0.15, 0.2) is 0 Å². The summed E-state index contributed by atoms with van der Waals surface area (Å²) in [5.74, 6) is -0.264. The molecule has 96 valence electrons. The summed E-state index contributed by atoms with van der Waals surface area (Å²) in [6.07, 6.45) is 2.88. The molecule has 0 radical (unpaired) electrons. The maximum atomic E-state index is 11.9. The van der Waals surface area contributed by atoms with Crippen LogP contribution < -0.4 is 0 Å². The lowest BCUT2D eigenvalue weighted by Crippen LogP contribution is -2.50. The van der Waals surface area contributed by atoms with Crippen LogP contribution in [0.4, 0.5) is 0 Å². The van der Waals surface area contributed by atoms with Crippen molar-refractivity contribution in [3.63, 3.8) is 0 Å². The van der Waals surface area contributed by atoms with Gasteiger partial charge in [0, 0.05) is 19.5 Å². The number of hydrazine groups is 1. The number of hydrogen-bond acceptors (Lipinski definition) is 4. The van der Waals surface area contributed by atoms with Gasteiger partial charge in [0.05, 0.1) is 12.6 Å². The molecule has 3 aliphatic heterocycles. The molecule has 17 heavy (non-hydrogen) atoms. The third kappa shape index (κ3) is 1.96. The van der Waals surface area contributed by atoms with Gasteiger partial charge in [-0.05, 0) is 26.7 Å². The first-order valence-electron chi connectivity index (χ1n) is 6.45. The third-order valence-electron chi connectivity index (χ3n) is 3.83. The smallest absolute Gasteiger partial charge is 0.238 e. The van der Waals surface area contributed by atoms with Crippen molar-refractivity contribution in [2.45, 2.75) is 51.0 Å². The lowest BCUT2D eigenvalue weighted by molar-refractivity contribution is -0.156. The van der Waals surface area contributed by atoms with Gasteiger partial charge in [-0.25, -0.2) is 5.01 Å². The molecule has 0 saturated carbocycles. The van der Waals surface area contributed by atoms with E-state index in [0.29, 0.717) is 13.0 Å². The second kappa shape index (κ2) is 3.93. The van der Waals surface area contributed by atoms with Gasteiger partial charge in [0.2, 0.25) is 5.91 Å². The number of carbonyl (C=O) groups excluding carboxylic acids is 1. The highest BCUT2D eigenvalue weighted by atomic mass is 16.7. The van der Waals surface area contributed by atoms with Crippen molar-refractivity contribution in [1.29, 1.82) is 0 Å². The summed E-state index contributed by atoms with van der Waals surface area (Å²) < 4.78 is 11.5. The van der Waals surface area contributed by atoms with E-state index in [1.54, 1.807) is 0 Å². The van der Waals surface area contributed by atoms with Crippen LogP contribution in [0.3, 0.4) is 0 Å². The molecule has 0 N–H and O–H groups in total. The number of ether oxygens (including phenoxy) is 2. The van der Waals surface area contributed by atoms with E-state index in [1.165, 1.54) is 0 Å². The minimum Gasteiger partial charge on any atom is -0.348 e. The lowest BCUT2D eigenvalue weighted by Gasteiger charge is -2.37. The van der Waals surface area contributed by atoms with Gasteiger partial charge in [0.15, 0.2) is 5.79 Å². The maximum Gasteiger partial charge on any atom is 0.238 e. The van der Waals surface area contributed by atoms with Crippen LogP contribution in [0, 0.1) is 0 Å². The fourth-order valence-electron chi connectivity index (χ4n) is 3.02. The Kier molecular flexibility index (Phi) is 2.65. The second-order valence-corrected chi connectivity index (χ2v) is 5.53. The Hall–Kier alpha value is -0.650. The molecule has 3 aliphatic rings. The molecule has 2 atom stereocenters. The average molecular weight is 240 g/mol. The molecule has 3 rings (SSSR count). The second-order valence-electron chi connectivity index (χ2n) is 5.53. The zero-order chi connectivity index (χ0) is 12.0. The van der Waals surface area contributed by atoms with E-state index >= 15 is 0 Å². The minimum absolute atomic E-state index is 0.0250. The zero-order valence-electron chi connectivity index (χ0n) is 10.5. The first-order valence-corrected chi connectivity index (χ1v) is 6.45. The van der Waals surface area contributed by atoms with Crippen molar-refractivity contribution in [3.8, 4) is 0 Å². The maximum absolute atomic E-state index is 11.9. The number of hydrogen-bond donors (Lipinski definition) is 0. The predicted octanol–water partition coefficient (Wildman–Crippen LogP) is 0.750. The fourth-order valence-corrected chi connectivity index (χ4v) is 3.02. The molecule has 3 fully saturated rings. The Morgan fingerprint density at radius 3 is 2.76 bits per heavy atom. The Bertz CT molecular complexity index is 332. The number of fused-ring (bicyclic) bond motifs is 1. The molecule has 3 saturated heterocycles. The van der Waals surface area contributed by atoms with Gasteiger partial charge in [-0.2, -0.15) is 0 Å². The van der Waals surface area contributed by atoms with Crippen LogP contribution in [-0.2, 0) is 14.3 Å². The normalized spacial score (nSPS) is 37.5. The molecule has 0 aromatic rings. The van der Waals surface area contributed by atoms with Crippen LogP contribution >= 0.6 is 0 Å². The van der Waals surface area contributed by atoms with Gasteiger partial charge in [0.1, 0.15) is 6.10 Å². The van der Waals surface area contributed by atoms with E-state index in [4.69, 9.17) is 9.47 Å². The predicted molar refractivity (Wildman–Crippen MR) is 61.0 cm³/mol. The van der Waals surface area contributed by atoms with E-state index in [1.807, 2.05) is 18.9 Å². The average Bonchev–Trinajstić information content (AvgIpc) is 2.81. The summed E-state index contributed by atoms with van der Waals surface area (Å²) in [5, 5.41) is 4.10. The van der Waals surface area contributed by atoms with Crippen LogP contribution in [0.1, 0.15) is 33.1 Å². The Balaban J connectivity index is 1.74. The Labute approximate surface area is 102 Å². The monoisotopic (exact) mass is 240 g/mol. The van der Waals surface area contributed by atoms with E-state index in [2.05, 4.69) is 5.01 Å². The summed E-state index contributed by atoms with van der Waals surface area (Å²) in [7, 11) is 0. The highest BCUT2D eigenvalue weighted by Crippen LogP contribution is 2.33. The summed E-state index contributed by atoms with van der Waals surface area (Å²) in [6, 6.07) is 0.171. The van der Waals surface area contributed by atoms with Gasteiger partial charge >= 0.3 is 0 Å². The fraction of sp³-hybridized carbons (Fsp3) is 0.917. The van der Waals surface area contributed by atoms with Gasteiger partial charge in [-0.15, -0.1) is 0 Å². The number of carbonyl (C=O) groups is 1. The number of amides is 1.